The fraction of sp³-hybridized carbons (Fsp3) is 0.600. The average Bonchev–Trinajstić information content (AvgIpc) is 2.55. The van der Waals surface area contributed by atoms with Crippen LogP contribution < -0.4 is 5.32 Å². The van der Waals surface area contributed by atoms with Gasteiger partial charge in [-0.3, -0.25) is 4.90 Å². The maximum atomic E-state index is 3.65. The number of likely N-dealkylation sites (N-methyl/N-ethyl adjacent to an activating group) is 1. The van der Waals surface area contributed by atoms with E-state index in [1.54, 1.807) is 0 Å². The molecule has 1 aliphatic heterocycles. The third-order valence-electron chi connectivity index (χ3n) is 3.40. The Bertz CT molecular complexity index is 337. The minimum absolute atomic E-state index is 0.589. The number of benzene rings is 1. The van der Waals surface area contributed by atoms with Gasteiger partial charge in [0.2, 0.25) is 0 Å². The summed E-state index contributed by atoms with van der Waals surface area (Å²) in [6.45, 7) is 5.68. The molecule has 1 N–H and O–H groups in total. The van der Waals surface area contributed by atoms with Crippen molar-refractivity contribution in [3.63, 3.8) is 0 Å². The molecule has 2 rings (SSSR count). The zero-order valence-corrected chi connectivity index (χ0v) is 11.6. The van der Waals surface area contributed by atoms with Crippen molar-refractivity contribution in [1.82, 2.24) is 15.1 Å². The van der Waals surface area contributed by atoms with Crippen LogP contribution in [0, 0.1) is 0 Å². The summed E-state index contributed by atoms with van der Waals surface area (Å²) in [4.78, 5) is 4.84. The van der Waals surface area contributed by atoms with Crippen molar-refractivity contribution in [2.24, 2.45) is 0 Å². The van der Waals surface area contributed by atoms with E-state index in [9.17, 15) is 0 Å². The van der Waals surface area contributed by atoms with Gasteiger partial charge in [0.05, 0.1) is 0 Å². The molecule has 1 heterocycles. The fourth-order valence-corrected chi connectivity index (χ4v) is 2.62. The molecule has 1 saturated heterocycles. The van der Waals surface area contributed by atoms with Crippen LogP contribution in [0.25, 0.3) is 0 Å². The minimum atomic E-state index is 0.589. The predicted octanol–water partition coefficient (Wildman–Crippen LogP) is 1.41. The highest BCUT2D eigenvalue weighted by Crippen LogP contribution is 2.08. The first-order chi connectivity index (χ1) is 8.74. The van der Waals surface area contributed by atoms with Gasteiger partial charge in [-0.1, -0.05) is 30.3 Å². The van der Waals surface area contributed by atoms with Gasteiger partial charge in [-0.25, -0.2) is 0 Å². The Morgan fingerprint density at radius 1 is 1.28 bits per heavy atom. The van der Waals surface area contributed by atoms with Crippen molar-refractivity contribution in [3.05, 3.63) is 35.9 Å². The van der Waals surface area contributed by atoms with Gasteiger partial charge in [-0.15, -0.1) is 0 Å². The van der Waals surface area contributed by atoms with Crippen molar-refractivity contribution in [2.75, 3.05) is 40.3 Å². The third-order valence-corrected chi connectivity index (χ3v) is 3.40. The SMILES string of the molecule is CN(C)CC1CN(Cc2ccccc2)CCCN1. The van der Waals surface area contributed by atoms with Crippen LogP contribution in [-0.4, -0.2) is 56.1 Å². The minimum Gasteiger partial charge on any atom is -0.311 e. The normalized spacial score (nSPS) is 22.1. The summed E-state index contributed by atoms with van der Waals surface area (Å²) >= 11 is 0. The number of rotatable bonds is 4. The summed E-state index contributed by atoms with van der Waals surface area (Å²) in [5.41, 5.74) is 1.42. The van der Waals surface area contributed by atoms with E-state index in [0.29, 0.717) is 6.04 Å². The molecule has 1 aromatic rings. The first-order valence-electron chi connectivity index (χ1n) is 6.88. The third kappa shape index (κ3) is 4.41. The molecular weight excluding hydrogens is 222 g/mol. The van der Waals surface area contributed by atoms with Gasteiger partial charge in [-0.05, 0) is 39.2 Å². The average molecular weight is 247 g/mol. The molecule has 18 heavy (non-hydrogen) atoms. The summed E-state index contributed by atoms with van der Waals surface area (Å²) in [5.74, 6) is 0. The molecule has 0 amide bonds. The van der Waals surface area contributed by atoms with E-state index in [1.807, 2.05) is 0 Å². The summed E-state index contributed by atoms with van der Waals surface area (Å²) in [6.07, 6.45) is 1.25. The molecule has 1 unspecified atom stereocenters. The Kier molecular flexibility index (Phi) is 5.17. The summed E-state index contributed by atoms with van der Waals surface area (Å²) in [7, 11) is 4.29. The second kappa shape index (κ2) is 6.88. The van der Waals surface area contributed by atoms with Gasteiger partial charge in [0, 0.05) is 25.7 Å². The monoisotopic (exact) mass is 247 g/mol. The van der Waals surface area contributed by atoms with Crippen molar-refractivity contribution < 1.29 is 0 Å². The second-order valence-electron chi connectivity index (χ2n) is 5.49. The zero-order valence-electron chi connectivity index (χ0n) is 11.6. The molecule has 3 heteroatoms. The highest BCUT2D eigenvalue weighted by Gasteiger charge is 2.17. The van der Waals surface area contributed by atoms with Gasteiger partial charge in [0.15, 0.2) is 0 Å². The molecular formula is C15H25N3. The van der Waals surface area contributed by atoms with Crippen molar-refractivity contribution in [1.29, 1.82) is 0 Å². The van der Waals surface area contributed by atoms with Crippen molar-refractivity contribution in [2.45, 2.75) is 19.0 Å². The largest absolute Gasteiger partial charge is 0.311 e. The van der Waals surface area contributed by atoms with E-state index in [4.69, 9.17) is 0 Å². The molecule has 1 aliphatic rings. The second-order valence-corrected chi connectivity index (χ2v) is 5.49. The first kappa shape index (κ1) is 13.5. The summed E-state index contributed by atoms with van der Waals surface area (Å²) in [5, 5.41) is 3.65. The number of nitrogens with zero attached hydrogens (tertiary/aromatic N) is 2. The Balaban J connectivity index is 1.91. The molecule has 0 aromatic heterocycles. The molecule has 0 bridgehead atoms. The number of hydrogen-bond acceptors (Lipinski definition) is 3. The molecule has 0 spiro atoms. The summed E-state index contributed by atoms with van der Waals surface area (Å²) in [6, 6.07) is 11.4. The maximum Gasteiger partial charge on any atom is 0.0322 e. The Labute approximate surface area is 111 Å². The van der Waals surface area contributed by atoms with E-state index in [-0.39, 0.29) is 0 Å². The lowest BCUT2D eigenvalue weighted by Crippen LogP contribution is -2.43. The number of hydrogen-bond donors (Lipinski definition) is 1. The highest BCUT2D eigenvalue weighted by molar-refractivity contribution is 5.14. The van der Waals surface area contributed by atoms with Crippen LogP contribution >= 0.6 is 0 Å². The molecule has 0 aliphatic carbocycles. The lowest BCUT2D eigenvalue weighted by Gasteiger charge is -2.26. The predicted molar refractivity (Wildman–Crippen MR) is 76.7 cm³/mol. The zero-order chi connectivity index (χ0) is 12.8. The topological polar surface area (TPSA) is 18.5 Å². The fourth-order valence-electron chi connectivity index (χ4n) is 2.62. The maximum absolute atomic E-state index is 3.65. The van der Waals surface area contributed by atoms with E-state index in [2.05, 4.69) is 59.5 Å². The highest BCUT2D eigenvalue weighted by atomic mass is 15.2. The quantitative estimate of drug-likeness (QED) is 0.868. The molecule has 1 atom stereocenters. The van der Waals surface area contributed by atoms with Gasteiger partial charge in [0.25, 0.3) is 0 Å². The van der Waals surface area contributed by atoms with Crippen LogP contribution in [0.1, 0.15) is 12.0 Å². The van der Waals surface area contributed by atoms with Crippen LogP contribution in [0.4, 0.5) is 0 Å². The van der Waals surface area contributed by atoms with Crippen LogP contribution in [0.2, 0.25) is 0 Å². The van der Waals surface area contributed by atoms with E-state index >= 15 is 0 Å². The van der Waals surface area contributed by atoms with Gasteiger partial charge < -0.3 is 10.2 Å². The standard InChI is InChI=1S/C15H25N3/c1-17(2)12-15-13-18(10-6-9-16-15)11-14-7-4-3-5-8-14/h3-5,7-8,15-16H,6,9-13H2,1-2H3. The molecule has 1 aromatic carbocycles. The van der Waals surface area contributed by atoms with Crippen molar-refractivity contribution in [3.8, 4) is 0 Å². The van der Waals surface area contributed by atoms with Gasteiger partial charge in [-0.2, -0.15) is 0 Å². The molecule has 0 radical (unpaired) electrons. The van der Waals surface area contributed by atoms with Crippen LogP contribution in [0.5, 0.6) is 0 Å². The Morgan fingerprint density at radius 3 is 2.78 bits per heavy atom. The van der Waals surface area contributed by atoms with Crippen LogP contribution in [0.15, 0.2) is 30.3 Å². The first-order valence-corrected chi connectivity index (χ1v) is 6.88. The van der Waals surface area contributed by atoms with Crippen molar-refractivity contribution >= 4 is 0 Å². The smallest absolute Gasteiger partial charge is 0.0322 e. The number of nitrogens with one attached hydrogen (secondary N) is 1. The van der Waals surface area contributed by atoms with E-state index in [1.165, 1.54) is 18.5 Å². The lowest BCUT2D eigenvalue weighted by atomic mass is 10.2. The lowest BCUT2D eigenvalue weighted by molar-refractivity contribution is 0.236. The Morgan fingerprint density at radius 2 is 2.06 bits per heavy atom. The molecule has 1 fully saturated rings. The molecule has 100 valence electrons. The molecule has 3 nitrogen and oxygen atoms in total. The Hall–Kier alpha value is -0.900. The van der Waals surface area contributed by atoms with E-state index < -0.39 is 0 Å². The summed E-state index contributed by atoms with van der Waals surface area (Å²) < 4.78 is 0. The van der Waals surface area contributed by atoms with Crippen LogP contribution in [0.3, 0.4) is 0 Å². The van der Waals surface area contributed by atoms with E-state index in [0.717, 1.165) is 26.2 Å². The van der Waals surface area contributed by atoms with Crippen LogP contribution in [-0.2, 0) is 6.54 Å². The molecule has 0 saturated carbocycles. The van der Waals surface area contributed by atoms with Gasteiger partial charge in [0.1, 0.15) is 0 Å². The van der Waals surface area contributed by atoms with Gasteiger partial charge >= 0.3 is 0 Å².